The number of aryl methyl sites for hydroxylation is 2. The molecule has 0 aromatic carbocycles. The Kier molecular flexibility index (Phi) is 2.26. The third kappa shape index (κ3) is 1.64. The van der Waals surface area contributed by atoms with Gasteiger partial charge in [-0.2, -0.15) is 0 Å². The van der Waals surface area contributed by atoms with E-state index in [4.69, 9.17) is 8.94 Å². The quantitative estimate of drug-likeness (QED) is 0.811. The van der Waals surface area contributed by atoms with Crippen LogP contribution in [0, 0.1) is 13.8 Å². The van der Waals surface area contributed by atoms with Gasteiger partial charge < -0.3 is 14.3 Å². The molecule has 4 heteroatoms. The highest BCUT2D eigenvalue weighted by atomic mass is 16.5. The predicted octanol–water partition coefficient (Wildman–Crippen LogP) is 2.50. The summed E-state index contributed by atoms with van der Waals surface area (Å²) in [5.41, 5.74) is 1.82. The number of furan rings is 1. The molecule has 0 bridgehead atoms. The molecular formula is C10H12N2O2. The molecule has 0 fully saturated rings. The van der Waals surface area contributed by atoms with Crippen LogP contribution in [0.5, 0.6) is 0 Å². The summed E-state index contributed by atoms with van der Waals surface area (Å²) in [6, 6.07) is 3.79. The van der Waals surface area contributed by atoms with Gasteiger partial charge in [0.25, 0.3) is 0 Å². The Labute approximate surface area is 81.9 Å². The average molecular weight is 192 g/mol. The van der Waals surface area contributed by atoms with Crippen LogP contribution >= 0.6 is 0 Å². The molecule has 0 aliphatic carbocycles. The van der Waals surface area contributed by atoms with Crippen LogP contribution in [0.1, 0.15) is 17.2 Å². The molecule has 0 aliphatic heterocycles. The zero-order valence-electron chi connectivity index (χ0n) is 8.20. The summed E-state index contributed by atoms with van der Waals surface area (Å²) in [6.45, 7) is 4.43. The average Bonchev–Trinajstić information content (AvgIpc) is 2.76. The van der Waals surface area contributed by atoms with E-state index in [1.54, 1.807) is 6.26 Å². The van der Waals surface area contributed by atoms with E-state index in [-0.39, 0.29) is 0 Å². The first-order valence-corrected chi connectivity index (χ1v) is 4.46. The fourth-order valence-corrected chi connectivity index (χ4v) is 1.32. The first kappa shape index (κ1) is 8.87. The minimum atomic E-state index is 0.649. The summed E-state index contributed by atoms with van der Waals surface area (Å²) in [7, 11) is 0. The normalized spacial score (nSPS) is 10.4. The van der Waals surface area contributed by atoms with Crippen molar-refractivity contribution in [3.63, 3.8) is 0 Å². The van der Waals surface area contributed by atoms with Crippen molar-refractivity contribution < 1.29 is 8.94 Å². The van der Waals surface area contributed by atoms with Crippen molar-refractivity contribution in [3.05, 3.63) is 35.6 Å². The van der Waals surface area contributed by atoms with E-state index in [0.29, 0.717) is 6.54 Å². The Morgan fingerprint density at radius 3 is 2.86 bits per heavy atom. The van der Waals surface area contributed by atoms with Crippen LogP contribution in [0.4, 0.5) is 5.69 Å². The topological polar surface area (TPSA) is 51.2 Å². The lowest BCUT2D eigenvalue weighted by atomic mass is 10.3. The number of aromatic nitrogens is 1. The first-order valence-electron chi connectivity index (χ1n) is 4.46. The maximum atomic E-state index is 5.20. The maximum absolute atomic E-state index is 5.20. The Balaban J connectivity index is 2.05. The molecule has 0 saturated carbocycles. The maximum Gasteiger partial charge on any atom is 0.157 e. The fourth-order valence-electron chi connectivity index (χ4n) is 1.32. The van der Waals surface area contributed by atoms with E-state index in [9.17, 15) is 0 Å². The van der Waals surface area contributed by atoms with Crippen molar-refractivity contribution in [1.29, 1.82) is 0 Å². The zero-order chi connectivity index (χ0) is 9.97. The number of anilines is 1. The highest BCUT2D eigenvalue weighted by Gasteiger charge is 2.08. The standard InChI is InChI=1S/C10H12N2O2/c1-7-10(8(2)14-12-7)11-6-9-4-3-5-13-9/h3-5,11H,6H2,1-2H3. The summed E-state index contributed by atoms with van der Waals surface area (Å²) in [5.74, 6) is 1.69. The van der Waals surface area contributed by atoms with E-state index >= 15 is 0 Å². The van der Waals surface area contributed by atoms with Crippen LogP contribution in [0.3, 0.4) is 0 Å². The lowest BCUT2D eigenvalue weighted by molar-refractivity contribution is 0.393. The molecule has 0 radical (unpaired) electrons. The SMILES string of the molecule is Cc1noc(C)c1NCc1ccco1. The van der Waals surface area contributed by atoms with E-state index in [1.165, 1.54) is 0 Å². The summed E-state index contributed by atoms with van der Waals surface area (Å²) in [6.07, 6.45) is 1.66. The van der Waals surface area contributed by atoms with Crippen LogP contribution in [0.2, 0.25) is 0 Å². The van der Waals surface area contributed by atoms with Gasteiger partial charge in [0.15, 0.2) is 5.76 Å². The Morgan fingerprint density at radius 1 is 1.43 bits per heavy atom. The van der Waals surface area contributed by atoms with Gasteiger partial charge in [-0.1, -0.05) is 5.16 Å². The Hall–Kier alpha value is -1.71. The molecule has 2 aromatic rings. The smallest absolute Gasteiger partial charge is 0.157 e. The first-order chi connectivity index (χ1) is 6.77. The highest BCUT2D eigenvalue weighted by Crippen LogP contribution is 2.19. The van der Waals surface area contributed by atoms with Crippen molar-refractivity contribution in [3.8, 4) is 0 Å². The molecule has 2 rings (SSSR count). The summed E-state index contributed by atoms with van der Waals surface area (Å²) < 4.78 is 10.2. The second kappa shape index (κ2) is 3.57. The predicted molar refractivity (Wildman–Crippen MR) is 52.0 cm³/mol. The molecule has 2 aromatic heterocycles. The molecule has 4 nitrogen and oxygen atoms in total. The van der Waals surface area contributed by atoms with Crippen molar-refractivity contribution in [2.45, 2.75) is 20.4 Å². The monoisotopic (exact) mass is 192 g/mol. The van der Waals surface area contributed by atoms with Gasteiger partial charge in [-0.25, -0.2) is 0 Å². The number of nitrogens with zero attached hydrogens (tertiary/aromatic N) is 1. The van der Waals surface area contributed by atoms with Crippen LogP contribution in [-0.4, -0.2) is 5.16 Å². The zero-order valence-corrected chi connectivity index (χ0v) is 8.20. The van der Waals surface area contributed by atoms with Crippen molar-refractivity contribution in [2.24, 2.45) is 0 Å². The van der Waals surface area contributed by atoms with Gasteiger partial charge in [0.05, 0.1) is 12.8 Å². The van der Waals surface area contributed by atoms with Gasteiger partial charge in [0.1, 0.15) is 17.1 Å². The van der Waals surface area contributed by atoms with Crippen LogP contribution in [0.15, 0.2) is 27.3 Å². The second-order valence-corrected chi connectivity index (χ2v) is 3.13. The van der Waals surface area contributed by atoms with Gasteiger partial charge in [-0.15, -0.1) is 0 Å². The molecule has 0 spiro atoms. The molecule has 0 aliphatic rings. The molecule has 0 saturated heterocycles. The summed E-state index contributed by atoms with van der Waals surface area (Å²) >= 11 is 0. The summed E-state index contributed by atoms with van der Waals surface area (Å²) in [5, 5.41) is 7.06. The van der Waals surface area contributed by atoms with Crippen molar-refractivity contribution in [2.75, 3.05) is 5.32 Å². The van der Waals surface area contributed by atoms with E-state index < -0.39 is 0 Å². The lowest BCUT2D eigenvalue weighted by Gasteiger charge is -2.01. The van der Waals surface area contributed by atoms with Crippen LogP contribution in [0.25, 0.3) is 0 Å². The molecule has 1 N–H and O–H groups in total. The van der Waals surface area contributed by atoms with Gasteiger partial charge in [-0.3, -0.25) is 0 Å². The fraction of sp³-hybridized carbons (Fsp3) is 0.300. The minimum absolute atomic E-state index is 0.649. The number of hydrogen-bond donors (Lipinski definition) is 1. The van der Waals surface area contributed by atoms with E-state index in [2.05, 4.69) is 10.5 Å². The third-order valence-corrected chi connectivity index (χ3v) is 2.05. The summed E-state index contributed by atoms with van der Waals surface area (Å²) in [4.78, 5) is 0. The number of hydrogen-bond acceptors (Lipinski definition) is 4. The number of nitrogens with one attached hydrogen (secondary N) is 1. The van der Waals surface area contributed by atoms with Gasteiger partial charge >= 0.3 is 0 Å². The second-order valence-electron chi connectivity index (χ2n) is 3.13. The molecule has 0 atom stereocenters. The van der Waals surface area contributed by atoms with E-state index in [0.717, 1.165) is 22.9 Å². The van der Waals surface area contributed by atoms with Gasteiger partial charge in [-0.05, 0) is 26.0 Å². The molecule has 74 valence electrons. The van der Waals surface area contributed by atoms with Crippen LogP contribution < -0.4 is 5.32 Å². The molecule has 14 heavy (non-hydrogen) atoms. The third-order valence-electron chi connectivity index (χ3n) is 2.05. The molecular weight excluding hydrogens is 180 g/mol. The van der Waals surface area contributed by atoms with Crippen LogP contribution in [-0.2, 0) is 6.54 Å². The van der Waals surface area contributed by atoms with Crippen molar-refractivity contribution in [1.82, 2.24) is 5.16 Å². The largest absolute Gasteiger partial charge is 0.467 e. The minimum Gasteiger partial charge on any atom is -0.467 e. The lowest BCUT2D eigenvalue weighted by Crippen LogP contribution is -1.99. The van der Waals surface area contributed by atoms with E-state index in [1.807, 2.05) is 26.0 Å². The molecule has 2 heterocycles. The van der Waals surface area contributed by atoms with Crippen molar-refractivity contribution >= 4 is 5.69 Å². The number of rotatable bonds is 3. The molecule has 0 unspecified atom stereocenters. The Morgan fingerprint density at radius 2 is 2.29 bits per heavy atom. The molecule has 0 amide bonds. The highest BCUT2D eigenvalue weighted by molar-refractivity contribution is 5.49. The Bertz CT molecular complexity index is 384. The van der Waals surface area contributed by atoms with Gasteiger partial charge in [0.2, 0.25) is 0 Å². The van der Waals surface area contributed by atoms with Gasteiger partial charge in [0, 0.05) is 0 Å².